The van der Waals surface area contributed by atoms with E-state index in [1.807, 2.05) is 54.0 Å². The molecule has 0 spiro atoms. The number of Topliss-reactive ketones (excluding diaryl/α,β-unsaturated/α-hetero) is 1. The Hall–Kier alpha value is -3.57. The Balaban J connectivity index is 1.78. The number of ether oxygens (including phenoxy) is 1. The Labute approximate surface area is 185 Å². The van der Waals surface area contributed by atoms with E-state index in [1.165, 1.54) is 0 Å². The molecule has 4 rings (SSSR count). The molecule has 1 amide bonds. The highest BCUT2D eigenvalue weighted by atomic mass is 35.5. The highest BCUT2D eigenvalue weighted by Gasteiger charge is 2.25. The number of hydrogen-bond acceptors (Lipinski definition) is 3. The number of hydrogen-bond donors (Lipinski definition) is 1. The fourth-order valence-electron chi connectivity index (χ4n) is 3.67. The number of para-hydroxylation sites is 1. The molecule has 0 saturated heterocycles. The number of carbonyl (C=O) groups excluding carboxylic acids is 2. The monoisotopic (exact) mass is 432 g/mol. The van der Waals surface area contributed by atoms with Crippen LogP contribution in [0.4, 0.5) is 5.69 Å². The third-order valence-electron chi connectivity index (χ3n) is 5.25. The van der Waals surface area contributed by atoms with Crippen molar-refractivity contribution in [3.63, 3.8) is 0 Å². The highest BCUT2D eigenvalue weighted by molar-refractivity contribution is 6.48. The molecule has 0 aliphatic carbocycles. The summed E-state index contributed by atoms with van der Waals surface area (Å²) >= 11 is 6.01. The van der Waals surface area contributed by atoms with Crippen LogP contribution in [0.25, 0.3) is 10.9 Å². The van der Waals surface area contributed by atoms with Gasteiger partial charge in [-0.1, -0.05) is 41.9 Å². The van der Waals surface area contributed by atoms with Gasteiger partial charge in [0, 0.05) is 33.9 Å². The molecule has 0 fully saturated rings. The van der Waals surface area contributed by atoms with Gasteiger partial charge < -0.3 is 14.6 Å². The zero-order valence-corrected chi connectivity index (χ0v) is 17.9. The summed E-state index contributed by atoms with van der Waals surface area (Å²) in [7, 11) is 1.57. The minimum atomic E-state index is -0.678. The number of nitrogens with zero attached hydrogens (tertiary/aromatic N) is 1. The maximum atomic E-state index is 13.2. The summed E-state index contributed by atoms with van der Waals surface area (Å²) in [4.78, 5) is 26.0. The predicted octanol–water partition coefficient (Wildman–Crippen LogP) is 5.48. The van der Waals surface area contributed by atoms with Crippen LogP contribution in [0.2, 0.25) is 5.02 Å². The Bertz CT molecular complexity index is 1260. The van der Waals surface area contributed by atoms with Crippen molar-refractivity contribution >= 4 is 39.9 Å². The number of ketones is 1. The summed E-state index contributed by atoms with van der Waals surface area (Å²) in [5.74, 6) is -0.647. The Kier molecular flexibility index (Phi) is 5.78. The smallest absolute Gasteiger partial charge is 0.296 e. The first-order chi connectivity index (χ1) is 15.0. The second-order valence-electron chi connectivity index (χ2n) is 7.21. The van der Waals surface area contributed by atoms with Crippen molar-refractivity contribution in [3.8, 4) is 5.75 Å². The Morgan fingerprint density at radius 2 is 1.71 bits per heavy atom. The minimum absolute atomic E-state index is 0.372. The molecule has 0 saturated carbocycles. The molecule has 31 heavy (non-hydrogen) atoms. The standard InChI is InChI=1S/C25H21ClN2O3/c1-16-23(24(29)25(30)27-19-6-4-3-5-7-19)21-14-20(31-2)12-13-22(21)28(16)15-17-8-10-18(26)11-9-17/h3-14H,15H2,1-2H3,(H,27,30). The maximum absolute atomic E-state index is 13.2. The number of anilines is 1. The van der Waals surface area contributed by atoms with Crippen LogP contribution in [0.5, 0.6) is 5.75 Å². The van der Waals surface area contributed by atoms with E-state index in [1.54, 1.807) is 37.4 Å². The van der Waals surface area contributed by atoms with Gasteiger partial charge in [0.1, 0.15) is 5.75 Å². The zero-order valence-electron chi connectivity index (χ0n) is 17.2. The number of aromatic nitrogens is 1. The lowest BCUT2D eigenvalue weighted by molar-refractivity contribution is -0.112. The van der Waals surface area contributed by atoms with Crippen molar-refractivity contribution < 1.29 is 14.3 Å². The van der Waals surface area contributed by atoms with Crippen LogP contribution in [-0.2, 0) is 11.3 Å². The number of methoxy groups -OCH3 is 1. The van der Waals surface area contributed by atoms with Crippen LogP contribution in [0, 0.1) is 6.92 Å². The molecule has 1 heterocycles. The van der Waals surface area contributed by atoms with Gasteiger partial charge >= 0.3 is 0 Å². The van der Waals surface area contributed by atoms with E-state index >= 15 is 0 Å². The van der Waals surface area contributed by atoms with Crippen LogP contribution in [0.3, 0.4) is 0 Å². The molecule has 0 aliphatic heterocycles. The molecule has 5 nitrogen and oxygen atoms in total. The molecular formula is C25H21ClN2O3. The van der Waals surface area contributed by atoms with Gasteiger partial charge in [0.15, 0.2) is 0 Å². The number of fused-ring (bicyclic) bond motifs is 1. The van der Waals surface area contributed by atoms with Gasteiger partial charge in [-0.2, -0.15) is 0 Å². The lowest BCUT2D eigenvalue weighted by Crippen LogP contribution is -2.23. The molecular weight excluding hydrogens is 412 g/mol. The number of carbonyl (C=O) groups is 2. The van der Waals surface area contributed by atoms with Crippen molar-refractivity contribution in [1.29, 1.82) is 0 Å². The van der Waals surface area contributed by atoms with Crippen molar-refractivity contribution in [2.75, 3.05) is 12.4 Å². The molecule has 0 aliphatic rings. The van der Waals surface area contributed by atoms with Gasteiger partial charge in [-0.15, -0.1) is 0 Å². The van der Waals surface area contributed by atoms with E-state index in [2.05, 4.69) is 5.32 Å². The lowest BCUT2D eigenvalue weighted by atomic mass is 10.1. The third kappa shape index (κ3) is 4.18. The van der Waals surface area contributed by atoms with E-state index in [4.69, 9.17) is 16.3 Å². The SMILES string of the molecule is COc1ccc2c(c1)c(C(=O)C(=O)Nc1ccccc1)c(C)n2Cc1ccc(Cl)cc1. The third-order valence-corrected chi connectivity index (χ3v) is 5.50. The van der Waals surface area contributed by atoms with Crippen LogP contribution < -0.4 is 10.1 Å². The summed E-state index contributed by atoms with van der Waals surface area (Å²) in [5, 5.41) is 4.02. The average Bonchev–Trinajstić information content (AvgIpc) is 3.05. The number of nitrogens with one attached hydrogen (secondary N) is 1. The molecule has 0 atom stereocenters. The van der Waals surface area contributed by atoms with Crippen molar-refractivity contribution in [2.24, 2.45) is 0 Å². The van der Waals surface area contributed by atoms with Gasteiger partial charge in [0.2, 0.25) is 0 Å². The van der Waals surface area contributed by atoms with E-state index in [0.29, 0.717) is 39.6 Å². The van der Waals surface area contributed by atoms with Gasteiger partial charge in [-0.25, -0.2) is 0 Å². The molecule has 1 N–H and O–H groups in total. The Morgan fingerprint density at radius 1 is 1.00 bits per heavy atom. The van der Waals surface area contributed by atoms with Crippen molar-refractivity contribution in [3.05, 3.63) is 94.6 Å². The van der Waals surface area contributed by atoms with Gasteiger partial charge in [-0.05, 0) is 55.0 Å². The second-order valence-corrected chi connectivity index (χ2v) is 7.64. The van der Waals surface area contributed by atoms with E-state index in [0.717, 1.165) is 11.1 Å². The summed E-state index contributed by atoms with van der Waals surface area (Å²) in [6, 6.07) is 22.0. The van der Waals surface area contributed by atoms with Crippen LogP contribution in [0.15, 0.2) is 72.8 Å². The molecule has 0 radical (unpaired) electrons. The molecule has 0 bridgehead atoms. The molecule has 0 unspecified atom stereocenters. The first kappa shape index (κ1) is 20.7. The predicted molar refractivity (Wildman–Crippen MR) is 123 cm³/mol. The van der Waals surface area contributed by atoms with Crippen LogP contribution in [0.1, 0.15) is 21.6 Å². The minimum Gasteiger partial charge on any atom is -0.497 e. The quantitative estimate of drug-likeness (QED) is 0.324. The topological polar surface area (TPSA) is 60.3 Å². The van der Waals surface area contributed by atoms with Crippen LogP contribution in [-0.4, -0.2) is 23.4 Å². The maximum Gasteiger partial charge on any atom is 0.296 e. The molecule has 4 aromatic rings. The number of benzene rings is 3. The van der Waals surface area contributed by atoms with Gasteiger partial charge in [-0.3, -0.25) is 9.59 Å². The fourth-order valence-corrected chi connectivity index (χ4v) is 3.80. The molecule has 1 aromatic heterocycles. The summed E-state index contributed by atoms with van der Waals surface area (Å²) < 4.78 is 7.39. The summed E-state index contributed by atoms with van der Waals surface area (Å²) in [6.07, 6.45) is 0. The lowest BCUT2D eigenvalue weighted by Gasteiger charge is -2.09. The largest absolute Gasteiger partial charge is 0.497 e. The van der Waals surface area contributed by atoms with E-state index in [-0.39, 0.29) is 0 Å². The van der Waals surface area contributed by atoms with E-state index < -0.39 is 11.7 Å². The molecule has 156 valence electrons. The average molecular weight is 433 g/mol. The molecule has 6 heteroatoms. The zero-order chi connectivity index (χ0) is 22.0. The Morgan fingerprint density at radius 3 is 2.39 bits per heavy atom. The summed E-state index contributed by atoms with van der Waals surface area (Å²) in [6.45, 7) is 2.39. The van der Waals surface area contributed by atoms with Gasteiger partial charge in [0.05, 0.1) is 12.7 Å². The number of rotatable bonds is 6. The number of amides is 1. The number of halogens is 1. The summed E-state index contributed by atoms with van der Waals surface area (Å²) in [5.41, 5.74) is 3.54. The van der Waals surface area contributed by atoms with E-state index in [9.17, 15) is 9.59 Å². The van der Waals surface area contributed by atoms with Gasteiger partial charge in [0.25, 0.3) is 11.7 Å². The first-order valence-electron chi connectivity index (χ1n) is 9.80. The van der Waals surface area contributed by atoms with Crippen molar-refractivity contribution in [2.45, 2.75) is 13.5 Å². The van der Waals surface area contributed by atoms with Crippen molar-refractivity contribution in [1.82, 2.24) is 4.57 Å². The molecule has 3 aromatic carbocycles. The second kappa shape index (κ2) is 8.66. The first-order valence-corrected chi connectivity index (χ1v) is 10.2. The highest BCUT2D eigenvalue weighted by Crippen LogP contribution is 2.31. The normalized spacial score (nSPS) is 10.8. The fraction of sp³-hybridized carbons (Fsp3) is 0.120. The van der Waals surface area contributed by atoms with Crippen LogP contribution >= 0.6 is 11.6 Å².